The maximum absolute atomic E-state index is 12.0. The Morgan fingerprint density at radius 1 is 1.33 bits per heavy atom. The number of H-pyrrole nitrogens is 1. The minimum Gasteiger partial charge on any atom is -0.494 e. The van der Waals surface area contributed by atoms with Crippen molar-refractivity contribution in [3.63, 3.8) is 0 Å². The lowest BCUT2D eigenvalue weighted by Crippen LogP contribution is -2.16. The molecule has 0 unspecified atom stereocenters. The van der Waals surface area contributed by atoms with Gasteiger partial charge < -0.3 is 20.9 Å². The molecule has 5 N–H and O–H groups in total. The van der Waals surface area contributed by atoms with Crippen molar-refractivity contribution in [2.75, 3.05) is 18.5 Å². The van der Waals surface area contributed by atoms with Gasteiger partial charge in [0.2, 0.25) is 0 Å². The molecule has 2 aromatic rings. The van der Waals surface area contributed by atoms with Crippen LogP contribution in [0.5, 0.6) is 11.6 Å². The molecule has 0 bridgehead atoms. The standard InChI is InChI=1S/C14H15N3O4/c15-4-5-21-11-3-1-2-10(8-11)16-14(20)9-6-12(18)17-13(19)7-9/h1-3,6-8H,4-5,15H2,(H,16,20)(H2,17,18,19). The van der Waals surface area contributed by atoms with Crippen molar-refractivity contribution in [2.24, 2.45) is 5.73 Å². The molecule has 1 aromatic heterocycles. The fourth-order valence-electron chi connectivity index (χ4n) is 1.70. The summed E-state index contributed by atoms with van der Waals surface area (Å²) in [7, 11) is 0. The van der Waals surface area contributed by atoms with Crippen LogP contribution in [0.3, 0.4) is 0 Å². The van der Waals surface area contributed by atoms with E-state index in [1.54, 1.807) is 24.3 Å². The smallest absolute Gasteiger partial charge is 0.256 e. The Labute approximate surface area is 120 Å². The summed E-state index contributed by atoms with van der Waals surface area (Å²) in [4.78, 5) is 25.4. The average molecular weight is 289 g/mol. The topological polar surface area (TPSA) is 117 Å². The van der Waals surface area contributed by atoms with E-state index in [0.29, 0.717) is 24.6 Å². The molecule has 0 saturated carbocycles. The van der Waals surface area contributed by atoms with E-state index in [4.69, 9.17) is 10.5 Å². The van der Waals surface area contributed by atoms with Crippen molar-refractivity contribution >= 4 is 11.6 Å². The first kappa shape index (κ1) is 14.6. The zero-order valence-electron chi connectivity index (χ0n) is 11.1. The molecule has 1 amide bonds. The SMILES string of the molecule is NCCOc1cccc(NC(=O)c2cc(O)[nH]c(=O)c2)c1. The highest BCUT2D eigenvalue weighted by Crippen LogP contribution is 2.18. The van der Waals surface area contributed by atoms with Crippen LogP contribution in [0.2, 0.25) is 0 Å². The molecular formula is C14H15N3O4. The number of aromatic nitrogens is 1. The molecule has 0 atom stereocenters. The third kappa shape index (κ3) is 4.08. The van der Waals surface area contributed by atoms with Gasteiger partial charge in [-0.3, -0.25) is 14.6 Å². The van der Waals surface area contributed by atoms with Crippen LogP contribution >= 0.6 is 0 Å². The van der Waals surface area contributed by atoms with Crippen molar-refractivity contribution in [3.05, 3.63) is 52.3 Å². The molecule has 21 heavy (non-hydrogen) atoms. The molecule has 110 valence electrons. The lowest BCUT2D eigenvalue weighted by Gasteiger charge is -2.08. The average Bonchev–Trinajstić information content (AvgIpc) is 2.44. The molecule has 0 radical (unpaired) electrons. The molecular weight excluding hydrogens is 274 g/mol. The maximum Gasteiger partial charge on any atom is 0.256 e. The lowest BCUT2D eigenvalue weighted by atomic mass is 10.2. The Kier molecular flexibility index (Phi) is 4.57. The van der Waals surface area contributed by atoms with Crippen LogP contribution in [-0.4, -0.2) is 29.1 Å². The number of ether oxygens (including phenoxy) is 1. The third-order valence-electron chi connectivity index (χ3n) is 2.57. The number of hydrogen-bond donors (Lipinski definition) is 4. The molecule has 0 aliphatic carbocycles. The van der Waals surface area contributed by atoms with Crippen molar-refractivity contribution in [1.82, 2.24) is 4.98 Å². The van der Waals surface area contributed by atoms with Gasteiger partial charge in [-0.15, -0.1) is 0 Å². The normalized spacial score (nSPS) is 10.1. The highest BCUT2D eigenvalue weighted by Gasteiger charge is 2.09. The summed E-state index contributed by atoms with van der Waals surface area (Å²) < 4.78 is 5.35. The number of rotatable bonds is 5. The second-order valence-electron chi connectivity index (χ2n) is 4.24. The van der Waals surface area contributed by atoms with E-state index < -0.39 is 11.5 Å². The molecule has 2 rings (SSSR count). The van der Waals surface area contributed by atoms with Crippen molar-refractivity contribution < 1.29 is 14.6 Å². The number of pyridine rings is 1. The van der Waals surface area contributed by atoms with E-state index >= 15 is 0 Å². The van der Waals surface area contributed by atoms with Gasteiger partial charge in [-0.1, -0.05) is 6.07 Å². The van der Waals surface area contributed by atoms with Crippen molar-refractivity contribution in [3.8, 4) is 11.6 Å². The summed E-state index contributed by atoms with van der Waals surface area (Å²) in [5.41, 5.74) is 5.36. The van der Waals surface area contributed by atoms with Gasteiger partial charge in [-0.25, -0.2) is 0 Å². The van der Waals surface area contributed by atoms with Gasteiger partial charge in [-0.2, -0.15) is 0 Å². The number of anilines is 1. The second-order valence-corrected chi connectivity index (χ2v) is 4.24. The van der Waals surface area contributed by atoms with E-state index in [0.717, 1.165) is 6.07 Å². The minimum absolute atomic E-state index is 0.0597. The summed E-state index contributed by atoms with van der Waals surface area (Å²) in [6.45, 7) is 0.766. The molecule has 1 heterocycles. The second kappa shape index (κ2) is 6.58. The number of carbonyl (C=O) groups excluding carboxylic acids is 1. The summed E-state index contributed by atoms with van der Waals surface area (Å²) in [6.07, 6.45) is 0. The fraction of sp³-hybridized carbons (Fsp3) is 0.143. The molecule has 7 heteroatoms. The van der Waals surface area contributed by atoms with Gasteiger partial charge in [0, 0.05) is 30.4 Å². The summed E-state index contributed by atoms with van der Waals surface area (Å²) in [6, 6.07) is 9.05. The van der Waals surface area contributed by atoms with Crippen LogP contribution < -0.4 is 21.3 Å². The number of nitrogens with one attached hydrogen (secondary N) is 2. The van der Waals surface area contributed by atoms with Gasteiger partial charge in [0.25, 0.3) is 11.5 Å². The number of aromatic amines is 1. The lowest BCUT2D eigenvalue weighted by molar-refractivity contribution is 0.102. The molecule has 1 aromatic carbocycles. The number of amides is 1. The van der Waals surface area contributed by atoms with Gasteiger partial charge in [0.15, 0.2) is 5.88 Å². The van der Waals surface area contributed by atoms with Crippen molar-refractivity contribution in [2.45, 2.75) is 0 Å². The van der Waals surface area contributed by atoms with E-state index in [2.05, 4.69) is 10.3 Å². The Balaban J connectivity index is 2.13. The predicted molar refractivity (Wildman–Crippen MR) is 77.7 cm³/mol. The first-order valence-corrected chi connectivity index (χ1v) is 6.26. The quantitative estimate of drug-likeness (QED) is 0.645. The summed E-state index contributed by atoms with van der Waals surface area (Å²) >= 11 is 0. The number of nitrogens with two attached hydrogens (primary N) is 1. The number of carbonyl (C=O) groups is 1. The zero-order valence-corrected chi connectivity index (χ0v) is 11.1. The predicted octanol–water partition coefficient (Wildman–Crippen LogP) is 0.670. The molecule has 0 aliphatic rings. The van der Waals surface area contributed by atoms with E-state index in [1.165, 1.54) is 6.07 Å². The Hall–Kier alpha value is -2.80. The van der Waals surface area contributed by atoms with Gasteiger partial charge >= 0.3 is 0 Å². The number of hydrogen-bond acceptors (Lipinski definition) is 5. The summed E-state index contributed by atoms with van der Waals surface area (Å²) in [5, 5.41) is 11.9. The zero-order chi connectivity index (χ0) is 15.2. The Morgan fingerprint density at radius 3 is 2.86 bits per heavy atom. The van der Waals surface area contributed by atoms with E-state index in [-0.39, 0.29) is 11.4 Å². The van der Waals surface area contributed by atoms with E-state index in [1.807, 2.05) is 0 Å². The minimum atomic E-state index is -0.555. The van der Waals surface area contributed by atoms with E-state index in [9.17, 15) is 14.7 Å². The Morgan fingerprint density at radius 2 is 2.14 bits per heavy atom. The molecule has 7 nitrogen and oxygen atoms in total. The first-order chi connectivity index (χ1) is 10.1. The summed E-state index contributed by atoms with van der Waals surface area (Å²) in [5.74, 6) is -0.299. The maximum atomic E-state index is 12.0. The van der Waals surface area contributed by atoms with Crippen molar-refractivity contribution in [1.29, 1.82) is 0 Å². The number of aromatic hydroxyl groups is 1. The monoisotopic (exact) mass is 289 g/mol. The third-order valence-corrected chi connectivity index (χ3v) is 2.57. The number of benzene rings is 1. The van der Waals surface area contributed by atoms with Gasteiger partial charge in [-0.05, 0) is 12.1 Å². The molecule has 0 fully saturated rings. The van der Waals surface area contributed by atoms with Crippen LogP contribution in [-0.2, 0) is 0 Å². The van der Waals surface area contributed by atoms with Gasteiger partial charge in [0.1, 0.15) is 12.4 Å². The first-order valence-electron chi connectivity index (χ1n) is 6.26. The Bertz CT molecular complexity index is 697. The largest absolute Gasteiger partial charge is 0.494 e. The highest BCUT2D eigenvalue weighted by molar-refractivity contribution is 6.04. The van der Waals surface area contributed by atoms with Gasteiger partial charge in [0.05, 0.1) is 5.56 Å². The molecule has 0 saturated heterocycles. The van der Waals surface area contributed by atoms with Crippen LogP contribution in [0.15, 0.2) is 41.2 Å². The van der Waals surface area contributed by atoms with Crippen LogP contribution in [0.25, 0.3) is 0 Å². The van der Waals surface area contributed by atoms with Crippen LogP contribution in [0.1, 0.15) is 10.4 Å². The fourth-order valence-corrected chi connectivity index (χ4v) is 1.70. The molecule has 0 spiro atoms. The van der Waals surface area contributed by atoms with Crippen LogP contribution in [0, 0.1) is 0 Å². The molecule has 0 aliphatic heterocycles. The highest BCUT2D eigenvalue weighted by atomic mass is 16.5. The van der Waals surface area contributed by atoms with Crippen LogP contribution in [0.4, 0.5) is 5.69 Å².